The lowest BCUT2D eigenvalue weighted by Crippen LogP contribution is -2.33. The molecule has 0 spiro atoms. The molecule has 66 heavy (non-hydrogen) atoms. The molecule has 12 heteroatoms. The fourth-order valence-electron chi connectivity index (χ4n) is 7.50. The summed E-state index contributed by atoms with van der Waals surface area (Å²) < 4.78 is 17.3. The minimum Gasteiger partial charge on any atom is -0.487 e. The predicted octanol–water partition coefficient (Wildman–Crippen LogP) is 9.32. The van der Waals surface area contributed by atoms with Crippen LogP contribution in [-0.4, -0.2) is 60.2 Å². The van der Waals surface area contributed by atoms with E-state index in [0.717, 1.165) is 55.2 Å². The van der Waals surface area contributed by atoms with Crippen molar-refractivity contribution in [2.45, 2.75) is 70.6 Å². The van der Waals surface area contributed by atoms with Gasteiger partial charge in [0.15, 0.2) is 0 Å². The molecule has 3 amide bonds. The first-order valence-corrected chi connectivity index (χ1v) is 22.5. The number of alkyl carbamates (subject to hydrolysis) is 1. The van der Waals surface area contributed by atoms with Gasteiger partial charge in [-0.3, -0.25) is 14.5 Å². The predicted molar refractivity (Wildman–Crippen MR) is 257 cm³/mol. The van der Waals surface area contributed by atoms with Crippen molar-refractivity contribution < 1.29 is 38.8 Å². The highest BCUT2D eigenvalue weighted by atomic mass is 16.5. The van der Waals surface area contributed by atoms with E-state index in [1.807, 2.05) is 95.9 Å². The third-order valence-electron chi connectivity index (χ3n) is 11.1. The van der Waals surface area contributed by atoms with Crippen LogP contribution in [0.5, 0.6) is 11.5 Å². The molecular formula is C54H60N4O8. The van der Waals surface area contributed by atoms with Crippen LogP contribution in [0.3, 0.4) is 0 Å². The number of carbonyl (C=O) groups excluding carboxylic acids is 3. The van der Waals surface area contributed by atoms with Crippen LogP contribution in [0.15, 0.2) is 152 Å². The number of rotatable bonds is 28. The average molecular weight is 893 g/mol. The van der Waals surface area contributed by atoms with Gasteiger partial charge >= 0.3 is 6.09 Å². The Labute approximate surface area is 387 Å². The standard InChI is InChI=1S/C54H60N4O8/c59-39-56-48-32-46(26-28-52(48)64-36-43-16-4-1-5-17-43)50(61)34-58(35-51(62)47-27-29-53(49(33-47)57-40-60)65-37-44-18-6-2-7-19-44)31-13-11-15-42-24-22-41(23-25-42)14-10-12-30-55-54(63)66-38-45-20-8-3-9-21-45/h1-9,16-29,32-33,39-40,50-51,61-62H,10-15,30-31,34-38H2,(H,55,63)(H,56,59)(H,57,60)/t50-,51-/m0/s1. The summed E-state index contributed by atoms with van der Waals surface area (Å²) in [5.41, 5.74) is 7.42. The molecule has 0 radical (unpaired) electrons. The average Bonchev–Trinajstić information content (AvgIpc) is 3.35. The number of nitrogens with one attached hydrogen (secondary N) is 3. The number of nitrogens with zero attached hydrogens (tertiary/aromatic N) is 1. The van der Waals surface area contributed by atoms with Gasteiger partial charge in [0.2, 0.25) is 12.8 Å². The van der Waals surface area contributed by atoms with Crippen molar-refractivity contribution in [1.82, 2.24) is 10.2 Å². The Bertz CT molecular complexity index is 2260. The van der Waals surface area contributed by atoms with E-state index in [4.69, 9.17) is 14.2 Å². The maximum Gasteiger partial charge on any atom is 0.407 e. The van der Waals surface area contributed by atoms with Crippen molar-refractivity contribution in [1.29, 1.82) is 0 Å². The number of aliphatic hydroxyl groups is 2. The molecule has 6 rings (SSSR count). The molecule has 0 aliphatic heterocycles. The molecule has 0 saturated heterocycles. The van der Waals surface area contributed by atoms with E-state index in [9.17, 15) is 24.6 Å². The summed E-state index contributed by atoms with van der Waals surface area (Å²) in [4.78, 5) is 37.3. The monoisotopic (exact) mass is 892 g/mol. The highest BCUT2D eigenvalue weighted by Gasteiger charge is 2.21. The van der Waals surface area contributed by atoms with Gasteiger partial charge in [-0.05, 0) is 108 Å². The topological polar surface area (TPSA) is 159 Å². The fraction of sp³-hybridized carbons (Fsp3) is 0.278. The quantitative estimate of drug-likeness (QED) is 0.0239. The molecule has 12 nitrogen and oxygen atoms in total. The van der Waals surface area contributed by atoms with Crippen molar-refractivity contribution in [3.8, 4) is 11.5 Å². The molecular weight excluding hydrogens is 833 g/mol. The van der Waals surface area contributed by atoms with E-state index < -0.39 is 18.3 Å². The number of aliphatic hydroxyl groups excluding tert-OH is 2. The van der Waals surface area contributed by atoms with Gasteiger partial charge in [0, 0.05) is 19.6 Å². The maximum atomic E-state index is 12.0. The normalized spacial score (nSPS) is 11.9. The molecule has 0 heterocycles. The van der Waals surface area contributed by atoms with E-state index in [1.165, 1.54) is 11.1 Å². The second-order valence-corrected chi connectivity index (χ2v) is 16.1. The van der Waals surface area contributed by atoms with E-state index in [-0.39, 0.29) is 19.7 Å². The lowest BCUT2D eigenvalue weighted by molar-refractivity contribution is -0.106. The number of anilines is 2. The van der Waals surface area contributed by atoms with Crippen LogP contribution in [0.25, 0.3) is 0 Å². The number of ether oxygens (including phenoxy) is 3. The van der Waals surface area contributed by atoms with Crippen LogP contribution < -0.4 is 25.4 Å². The van der Waals surface area contributed by atoms with Gasteiger partial charge in [0.25, 0.3) is 0 Å². The number of aryl methyl sites for hydroxylation is 2. The van der Waals surface area contributed by atoms with Crippen LogP contribution >= 0.6 is 0 Å². The second kappa shape index (κ2) is 26.7. The molecule has 0 bridgehead atoms. The molecule has 0 aliphatic carbocycles. The Balaban J connectivity index is 1.04. The van der Waals surface area contributed by atoms with Crippen LogP contribution in [-0.2, 0) is 47.0 Å². The van der Waals surface area contributed by atoms with Gasteiger partial charge in [-0.1, -0.05) is 127 Å². The molecule has 0 fully saturated rings. The minimum atomic E-state index is -0.953. The summed E-state index contributed by atoms with van der Waals surface area (Å²) in [6, 6.07) is 48.1. The van der Waals surface area contributed by atoms with Gasteiger partial charge in [0.05, 0.1) is 23.6 Å². The van der Waals surface area contributed by atoms with Gasteiger partial charge in [-0.2, -0.15) is 0 Å². The smallest absolute Gasteiger partial charge is 0.407 e. The lowest BCUT2D eigenvalue weighted by atomic mass is 10.0. The van der Waals surface area contributed by atoms with Crippen molar-refractivity contribution in [2.24, 2.45) is 0 Å². The number of amides is 3. The molecule has 5 N–H and O–H groups in total. The summed E-state index contributed by atoms with van der Waals surface area (Å²) in [6.45, 7) is 2.43. The molecule has 6 aromatic rings. The summed E-state index contributed by atoms with van der Waals surface area (Å²) >= 11 is 0. The first-order valence-electron chi connectivity index (χ1n) is 22.5. The number of unbranched alkanes of at least 4 members (excludes halogenated alkanes) is 2. The van der Waals surface area contributed by atoms with Gasteiger partial charge < -0.3 is 40.4 Å². The fourth-order valence-corrected chi connectivity index (χ4v) is 7.50. The minimum absolute atomic E-state index is 0.207. The molecule has 0 saturated carbocycles. The zero-order chi connectivity index (χ0) is 46.2. The van der Waals surface area contributed by atoms with Crippen LogP contribution in [0.1, 0.15) is 76.8 Å². The maximum absolute atomic E-state index is 12.0. The Morgan fingerprint density at radius 1 is 0.530 bits per heavy atom. The largest absolute Gasteiger partial charge is 0.487 e. The van der Waals surface area contributed by atoms with Crippen LogP contribution in [0, 0.1) is 0 Å². The lowest BCUT2D eigenvalue weighted by Gasteiger charge is -2.28. The zero-order valence-corrected chi connectivity index (χ0v) is 37.2. The van der Waals surface area contributed by atoms with E-state index >= 15 is 0 Å². The number of benzene rings is 6. The Morgan fingerprint density at radius 2 is 0.970 bits per heavy atom. The second-order valence-electron chi connectivity index (χ2n) is 16.1. The SMILES string of the molecule is O=CNc1cc([C@@H](O)CN(CCCCc2ccc(CCCCNC(=O)OCc3ccccc3)cc2)C[C@H](O)c2ccc(OCc3ccccc3)c(NC=O)c2)ccc1OCc1ccccc1. The Kier molecular flexibility index (Phi) is 19.6. The number of hydrogen-bond acceptors (Lipinski definition) is 9. The third kappa shape index (κ3) is 16.2. The van der Waals surface area contributed by atoms with E-state index in [2.05, 4.69) is 40.2 Å². The first-order chi connectivity index (χ1) is 32.4. The molecule has 0 aliphatic rings. The van der Waals surface area contributed by atoms with Crippen molar-refractivity contribution >= 4 is 30.3 Å². The van der Waals surface area contributed by atoms with Gasteiger partial charge in [0.1, 0.15) is 31.3 Å². The summed E-state index contributed by atoms with van der Waals surface area (Å²) in [7, 11) is 0. The highest BCUT2D eigenvalue weighted by molar-refractivity contribution is 5.76. The van der Waals surface area contributed by atoms with Crippen LogP contribution in [0.4, 0.5) is 16.2 Å². The summed E-state index contributed by atoms with van der Waals surface area (Å²) in [5, 5.41) is 31.5. The Morgan fingerprint density at radius 3 is 1.42 bits per heavy atom. The highest BCUT2D eigenvalue weighted by Crippen LogP contribution is 2.32. The third-order valence-corrected chi connectivity index (χ3v) is 11.1. The van der Waals surface area contributed by atoms with Crippen molar-refractivity contribution in [2.75, 3.05) is 36.8 Å². The Hall–Kier alpha value is -6.99. The molecule has 2 atom stereocenters. The zero-order valence-electron chi connectivity index (χ0n) is 37.2. The van der Waals surface area contributed by atoms with E-state index in [1.54, 1.807) is 36.4 Å². The van der Waals surface area contributed by atoms with Crippen molar-refractivity contribution in [3.05, 3.63) is 191 Å². The summed E-state index contributed by atoms with van der Waals surface area (Å²) in [5.74, 6) is 0.953. The van der Waals surface area contributed by atoms with E-state index in [0.29, 0.717) is 73.1 Å². The first kappa shape index (κ1) is 48.5. The molecule has 344 valence electrons. The molecule has 0 unspecified atom stereocenters. The van der Waals surface area contributed by atoms with Gasteiger partial charge in [-0.15, -0.1) is 0 Å². The molecule has 0 aromatic heterocycles. The molecule has 6 aromatic carbocycles. The van der Waals surface area contributed by atoms with Crippen molar-refractivity contribution in [3.63, 3.8) is 0 Å². The number of carbonyl (C=O) groups is 3. The van der Waals surface area contributed by atoms with Crippen LogP contribution in [0.2, 0.25) is 0 Å². The van der Waals surface area contributed by atoms with Gasteiger partial charge in [-0.25, -0.2) is 4.79 Å². The summed E-state index contributed by atoms with van der Waals surface area (Å²) in [6.07, 6.45) is 4.09. The number of hydrogen-bond donors (Lipinski definition) is 5.